The van der Waals surface area contributed by atoms with Crippen molar-refractivity contribution >= 4 is 65.0 Å². The summed E-state index contributed by atoms with van der Waals surface area (Å²) in [7, 11) is 0. The fourth-order valence-corrected chi connectivity index (χ4v) is 6.87. The van der Waals surface area contributed by atoms with Crippen LogP contribution in [0.3, 0.4) is 0 Å². The van der Waals surface area contributed by atoms with Crippen LogP contribution in [0.15, 0.2) is 150 Å². The number of para-hydroxylation sites is 1. The van der Waals surface area contributed by atoms with Crippen LogP contribution in [-0.2, 0) is 0 Å². The van der Waals surface area contributed by atoms with Gasteiger partial charge in [-0.3, -0.25) is 4.98 Å². The molecule has 3 aromatic heterocycles. The van der Waals surface area contributed by atoms with Gasteiger partial charge in [0.15, 0.2) is 17.5 Å². The molecule has 5 heteroatoms. The van der Waals surface area contributed by atoms with Gasteiger partial charge in [-0.1, -0.05) is 115 Å². The maximum absolute atomic E-state index is 6.20. The lowest BCUT2D eigenvalue weighted by molar-refractivity contribution is 0.668. The minimum Gasteiger partial charge on any atom is -0.456 e. The first-order valence-electron chi connectivity index (χ1n) is 15.6. The normalized spacial score (nSPS) is 11.8. The minimum atomic E-state index is 0.499. The number of benzene rings is 7. The van der Waals surface area contributed by atoms with Gasteiger partial charge in [-0.05, 0) is 67.4 Å². The highest BCUT2D eigenvalue weighted by Crippen LogP contribution is 2.37. The number of aromatic nitrogens is 4. The second-order valence-electron chi connectivity index (χ2n) is 11.9. The smallest absolute Gasteiger partial charge is 0.183 e. The second kappa shape index (κ2) is 10.0. The van der Waals surface area contributed by atoms with Crippen molar-refractivity contribution in [3.05, 3.63) is 146 Å². The van der Waals surface area contributed by atoms with Gasteiger partial charge in [0, 0.05) is 22.7 Å². The molecular formula is C42H24N4O. The standard InChI is InChI=1S/C42H24N4O/c1-2-9-28-23-29(15-13-25(28)7-1)40-44-41(46-42(45-40)39-38-34-11-5-6-12-36(34)47-37(38)21-22-43-39)30-16-14-27-18-19-32-31-10-4-3-8-26(31)17-20-33(32)35(27)24-30/h1-24H. The summed E-state index contributed by atoms with van der Waals surface area (Å²) in [5, 5.41) is 11.4. The van der Waals surface area contributed by atoms with Crippen molar-refractivity contribution in [3.63, 3.8) is 0 Å². The number of hydrogen-bond acceptors (Lipinski definition) is 5. The molecule has 0 saturated heterocycles. The third kappa shape index (κ3) is 4.10. The van der Waals surface area contributed by atoms with Crippen molar-refractivity contribution in [1.29, 1.82) is 0 Å². The van der Waals surface area contributed by atoms with Crippen molar-refractivity contribution in [3.8, 4) is 34.3 Å². The summed E-state index contributed by atoms with van der Waals surface area (Å²) in [6, 6.07) is 48.4. The molecule has 0 fully saturated rings. The van der Waals surface area contributed by atoms with Crippen LogP contribution >= 0.6 is 0 Å². The van der Waals surface area contributed by atoms with E-state index in [1.165, 1.54) is 21.5 Å². The zero-order valence-corrected chi connectivity index (χ0v) is 25.1. The van der Waals surface area contributed by atoms with Gasteiger partial charge in [0.2, 0.25) is 0 Å². The number of furan rings is 1. The van der Waals surface area contributed by atoms with E-state index in [0.29, 0.717) is 23.2 Å². The van der Waals surface area contributed by atoms with Crippen LogP contribution in [0.5, 0.6) is 0 Å². The first-order chi connectivity index (χ1) is 23.3. The molecule has 0 aliphatic heterocycles. The van der Waals surface area contributed by atoms with Crippen molar-refractivity contribution < 1.29 is 4.42 Å². The molecule has 0 radical (unpaired) electrons. The van der Waals surface area contributed by atoms with Crippen LogP contribution in [-0.4, -0.2) is 19.9 Å². The largest absolute Gasteiger partial charge is 0.456 e. The number of pyridine rings is 1. The quantitative estimate of drug-likeness (QED) is 0.189. The van der Waals surface area contributed by atoms with Gasteiger partial charge in [0.1, 0.15) is 16.9 Å². The maximum atomic E-state index is 6.20. The van der Waals surface area contributed by atoms with Crippen molar-refractivity contribution in [2.45, 2.75) is 0 Å². The van der Waals surface area contributed by atoms with Gasteiger partial charge >= 0.3 is 0 Å². The average Bonchev–Trinajstić information content (AvgIpc) is 3.53. The van der Waals surface area contributed by atoms with Crippen LogP contribution in [0, 0.1) is 0 Å². The Kier molecular flexibility index (Phi) is 5.51. The molecule has 10 aromatic rings. The van der Waals surface area contributed by atoms with Crippen molar-refractivity contribution in [2.75, 3.05) is 0 Å². The van der Waals surface area contributed by atoms with Gasteiger partial charge in [0.05, 0.1) is 5.39 Å². The fraction of sp³-hybridized carbons (Fsp3) is 0. The average molecular weight is 601 g/mol. The third-order valence-electron chi connectivity index (χ3n) is 9.15. The zero-order chi connectivity index (χ0) is 30.9. The van der Waals surface area contributed by atoms with E-state index in [1.807, 2.05) is 30.3 Å². The highest BCUT2D eigenvalue weighted by molar-refractivity contribution is 6.17. The summed E-state index contributed by atoms with van der Waals surface area (Å²) in [5.74, 6) is 1.68. The Morgan fingerprint density at radius 3 is 1.81 bits per heavy atom. The highest BCUT2D eigenvalue weighted by Gasteiger charge is 2.19. The SMILES string of the molecule is c1ccc2cc(-c3nc(-c4ccc5ccc6c7ccccc7ccc6c5c4)nc(-c4nccc5oc6ccccc6c45)n3)ccc2c1. The molecular weight excluding hydrogens is 576 g/mol. The lowest BCUT2D eigenvalue weighted by atomic mass is 9.96. The van der Waals surface area contributed by atoms with Crippen molar-refractivity contribution in [1.82, 2.24) is 19.9 Å². The summed E-state index contributed by atoms with van der Waals surface area (Å²) >= 11 is 0. The molecule has 0 atom stereocenters. The van der Waals surface area contributed by atoms with E-state index >= 15 is 0 Å². The first kappa shape index (κ1) is 25.8. The molecule has 0 spiro atoms. The second-order valence-corrected chi connectivity index (χ2v) is 11.9. The van der Waals surface area contributed by atoms with Crippen LogP contribution in [0.1, 0.15) is 0 Å². The summed E-state index contributed by atoms with van der Waals surface area (Å²) in [4.78, 5) is 20.1. The van der Waals surface area contributed by atoms with Crippen LogP contribution in [0.25, 0.3) is 99.3 Å². The van der Waals surface area contributed by atoms with Gasteiger partial charge in [-0.25, -0.2) is 15.0 Å². The van der Waals surface area contributed by atoms with Gasteiger partial charge in [0.25, 0.3) is 0 Å². The molecule has 47 heavy (non-hydrogen) atoms. The molecule has 0 unspecified atom stereocenters. The van der Waals surface area contributed by atoms with Gasteiger partial charge in [-0.15, -0.1) is 0 Å². The molecule has 0 aliphatic carbocycles. The molecule has 0 N–H and O–H groups in total. The number of hydrogen-bond donors (Lipinski definition) is 0. The summed E-state index contributed by atoms with van der Waals surface area (Å²) in [5.41, 5.74) is 4.03. The van der Waals surface area contributed by atoms with E-state index in [2.05, 4.69) is 109 Å². The summed E-state index contributed by atoms with van der Waals surface area (Å²) in [6.07, 6.45) is 1.76. The van der Waals surface area contributed by atoms with Crippen LogP contribution < -0.4 is 0 Å². The Morgan fingerprint density at radius 2 is 0.979 bits per heavy atom. The zero-order valence-electron chi connectivity index (χ0n) is 25.1. The Labute approximate surface area is 268 Å². The summed E-state index contributed by atoms with van der Waals surface area (Å²) < 4.78 is 6.20. The Balaban J connectivity index is 1.24. The molecule has 218 valence electrons. The number of nitrogens with zero attached hydrogens (tertiary/aromatic N) is 4. The summed E-state index contributed by atoms with van der Waals surface area (Å²) in [6.45, 7) is 0. The molecule has 5 nitrogen and oxygen atoms in total. The van der Waals surface area contributed by atoms with E-state index < -0.39 is 0 Å². The Hall–Kier alpha value is -6.46. The molecule has 0 bridgehead atoms. The van der Waals surface area contributed by atoms with E-state index in [0.717, 1.165) is 54.6 Å². The molecule has 3 heterocycles. The van der Waals surface area contributed by atoms with Crippen LogP contribution in [0.4, 0.5) is 0 Å². The molecule has 0 aliphatic rings. The van der Waals surface area contributed by atoms with Gasteiger partial charge < -0.3 is 4.42 Å². The lowest BCUT2D eigenvalue weighted by Gasteiger charge is -2.11. The van der Waals surface area contributed by atoms with Crippen molar-refractivity contribution in [2.24, 2.45) is 0 Å². The molecule has 0 saturated carbocycles. The monoisotopic (exact) mass is 600 g/mol. The minimum absolute atomic E-state index is 0.499. The topological polar surface area (TPSA) is 64.7 Å². The van der Waals surface area contributed by atoms with Gasteiger partial charge in [-0.2, -0.15) is 0 Å². The highest BCUT2D eigenvalue weighted by atomic mass is 16.3. The maximum Gasteiger partial charge on any atom is 0.183 e. The molecule has 0 amide bonds. The molecule has 7 aromatic carbocycles. The predicted octanol–water partition coefficient (Wildman–Crippen LogP) is 10.8. The fourth-order valence-electron chi connectivity index (χ4n) is 6.87. The van der Waals surface area contributed by atoms with E-state index in [-0.39, 0.29) is 0 Å². The number of rotatable bonds is 3. The number of fused-ring (bicyclic) bond motifs is 9. The lowest BCUT2D eigenvalue weighted by Crippen LogP contribution is -2.01. The Bertz CT molecular complexity index is 2870. The third-order valence-corrected chi connectivity index (χ3v) is 9.15. The Morgan fingerprint density at radius 1 is 0.383 bits per heavy atom. The van der Waals surface area contributed by atoms with E-state index in [4.69, 9.17) is 24.4 Å². The van der Waals surface area contributed by atoms with Crippen LogP contribution in [0.2, 0.25) is 0 Å². The van der Waals surface area contributed by atoms with E-state index in [9.17, 15) is 0 Å². The first-order valence-corrected chi connectivity index (χ1v) is 15.6. The van der Waals surface area contributed by atoms with E-state index in [1.54, 1.807) is 6.20 Å². The molecule has 10 rings (SSSR count). The predicted molar refractivity (Wildman–Crippen MR) is 191 cm³/mol.